The van der Waals surface area contributed by atoms with Gasteiger partial charge in [0.05, 0.1) is 0 Å². The van der Waals surface area contributed by atoms with Gasteiger partial charge in [0.15, 0.2) is 0 Å². The molecule has 0 aromatic heterocycles. The van der Waals surface area contributed by atoms with E-state index in [2.05, 4.69) is 68.2 Å². The van der Waals surface area contributed by atoms with Crippen molar-refractivity contribution in [2.75, 3.05) is 13.1 Å². The van der Waals surface area contributed by atoms with Crippen LogP contribution in [-0.4, -0.2) is 30.1 Å². The molecule has 2 nitrogen and oxygen atoms in total. The zero-order chi connectivity index (χ0) is 14.5. The standard InChI is InChI=1S/C18H30N2/c1-5-19-17(15-10-8-7-9-11-15)18(14(3)4)20(6-2)16-12-13-16/h7-11,14,16-19H,5-6,12-13H2,1-4H3. The minimum atomic E-state index is 0.432. The Kier molecular flexibility index (Phi) is 5.62. The number of nitrogens with one attached hydrogen (secondary N) is 1. The molecule has 0 heterocycles. The van der Waals surface area contributed by atoms with Crippen molar-refractivity contribution in [1.82, 2.24) is 10.2 Å². The maximum absolute atomic E-state index is 3.74. The van der Waals surface area contributed by atoms with E-state index in [0.717, 1.165) is 19.1 Å². The van der Waals surface area contributed by atoms with Crippen molar-refractivity contribution in [1.29, 1.82) is 0 Å². The molecule has 1 N–H and O–H groups in total. The van der Waals surface area contributed by atoms with Crippen LogP contribution in [0.1, 0.15) is 52.1 Å². The van der Waals surface area contributed by atoms with Gasteiger partial charge in [-0.2, -0.15) is 0 Å². The zero-order valence-electron chi connectivity index (χ0n) is 13.5. The molecule has 1 aromatic rings. The highest BCUT2D eigenvalue weighted by atomic mass is 15.2. The monoisotopic (exact) mass is 274 g/mol. The second-order valence-electron chi connectivity index (χ2n) is 6.24. The van der Waals surface area contributed by atoms with E-state index >= 15 is 0 Å². The quantitative estimate of drug-likeness (QED) is 0.774. The van der Waals surface area contributed by atoms with E-state index in [9.17, 15) is 0 Å². The van der Waals surface area contributed by atoms with Crippen LogP contribution in [0.25, 0.3) is 0 Å². The number of rotatable bonds is 8. The van der Waals surface area contributed by atoms with E-state index in [0.29, 0.717) is 18.0 Å². The molecule has 0 radical (unpaired) electrons. The molecule has 1 aliphatic carbocycles. The Morgan fingerprint density at radius 1 is 1.15 bits per heavy atom. The van der Waals surface area contributed by atoms with Crippen LogP contribution in [0, 0.1) is 5.92 Å². The van der Waals surface area contributed by atoms with Crippen LogP contribution in [0.15, 0.2) is 30.3 Å². The van der Waals surface area contributed by atoms with E-state index in [-0.39, 0.29) is 0 Å². The summed E-state index contributed by atoms with van der Waals surface area (Å²) in [6, 6.07) is 12.8. The van der Waals surface area contributed by atoms with Gasteiger partial charge in [-0.3, -0.25) is 4.90 Å². The van der Waals surface area contributed by atoms with Crippen LogP contribution >= 0.6 is 0 Å². The zero-order valence-corrected chi connectivity index (χ0v) is 13.5. The molecule has 1 aromatic carbocycles. The fourth-order valence-electron chi connectivity index (χ4n) is 3.39. The lowest BCUT2D eigenvalue weighted by Gasteiger charge is -2.40. The van der Waals surface area contributed by atoms with E-state index in [1.807, 2.05) is 0 Å². The van der Waals surface area contributed by atoms with Gasteiger partial charge >= 0.3 is 0 Å². The molecule has 0 aliphatic heterocycles. The lowest BCUT2D eigenvalue weighted by Crippen LogP contribution is -2.48. The van der Waals surface area contributed by atoms with Crippen molar-refractivity contribution in [3.63, 3.8) is 0 Å². The number of benzene rings is 1. The second kappa shape index (κ2) is 7.24. The predicted molar refractivity (Wildman–Crippen MR) is 86.9 cm³/mol. The van der Waals surface area contributed by atoms with Crippen molar-refractivity contribution in [2.24, 2.45) is 5.92 Å². The first-order valence-corrected chi connectivity index (χ1v) is 8.23. The summed E-state index contributed by atoms with van der Waals surface area (Å²) in [6.45, 7) is 11.4. The van der Waals surface area contributed by atoms with Crippen LogP contribution in [0.5, 0.6) is 0 Å². The summed E-state index contributed by atoms with van der Waals surface area (Å²) in [5.41, 5.74) is 1.42. The van der Waals surface area contributed by atoms with Crippen molar-refractivity contribution in [3.05, 3.63) is 35.9 Å². The number of hydrogen-bond acceptors (Lipinski definition) is 2. The predicted octanol–water partition coefficient (Wildman–Crippen LogP) is 3.85. The molecule has 1 aliphatic rings. The van der Waals surface area contributed by atoms with Gasteiger partial charge < -0.3 is 5.32 Å². The van der Waals surface area contributed by atoms with Gasteiger partial charge in [0.25, 0.3) is 0 Å². The molecule has 2 atom stereocenters. The van der Waals surface area contributed by atoms with E-state index in [1.165, 1.54) is 18.4 Å². The first kappa shape index (κ1) is 15.5. The summed E-state index contributed by atoms with van der Waals surface area (Å²) < 4.78 is 0. The van der Waals surface area contributed by atoms with Gasteiger partial charge in [-0.1, -0.05) is 58.0 Å². The van der Waals surface area contributed by atoms with Crippen LogP contribution in [-0.2, 0) is 0 Å². The molecule has 0 spiro atoms. The van der Waals surface area contributed by atoms with Crippen LogP contribution in [0.2, 0.25) is 0 Å². The molecule has 0 amide bonds. The van der Waals surface area contributed by atoms with Crippen LogP contribution < -0.4 is 5.32 Å². The van der Waals surface area contributed by atoms with Crippen molar-refractivity contribution < 1.29 is 0 Å². The van der Waals surface area contributed by atoms with Crippen LogP contribution in [0.3, 0.4) is 0 Å². The second-order valence-corrected chi connectivity index (χ2v) is 6.24. The Balaban J connectivity index is 2.27. The van der Waals surface area contributed by atoms with Crippen LogP contribution in [0.4, 0.5) is 0 Å². The Labute approximate surface area is 124 Å². The molecule has 1 fully saturated rings. The summed E-state index contributed by atoms with van der Waals surface area (Å²) in [5, 5.41) is 3.74. The van der Waals surface area contributed by atoms with Crippen molar-refractivity contribution >= 4 is 0 Å². The summed E-state index contributed by atoms with van der Waals surface area (Å²) >= 11 is 0. The molecular weight excluding hydrogens is 244 g/mol. The van der Waals surface area contributed by atoms with E-state index in [4.69, 9.17) is 0 Å². The van der Waals surface area contributed by atoms with E-state index in [1.54, 1.807) is 0 Å². The Hall–Kier alpha value is -0.860. The van der Waals surface area contributed by atoms with Gasteiger partial charge in [-0.05, 0) is 37.4 Å². The van der Waals surface area contributed by atoms with Gasteiger partial charge in [-0.25, -0.2) is 0 Å². The summed E-state index contributed by atoms with van der Waals surface area (Å²) in [6.07, 6.45) is 2.76. The Morgan fingerprint density at radius 2 is 1.80 bits per heavy atom. The Bertz CT molecular complexity index is 384. The van der Waals surface area contributed by atoms with Gasteiger partial charge in [0, 0.05) is 18.1 Å². The average molecular weight is 274 g/mol. The third-order valence-corrected chi connectivity index (χ3v) is 4.37. The molecular formula is C18H30N2. The molecule has 2 rings (SSSR count). The SMILES string of the molecule is CCNC(c1ccccc1)C(C(C)C)N(CC)C1CC1. The lowest BCUT2D eigenvalue weighted by molar-refractivity contribution is 0.115. The fourth-order valence-corrected chi connectivity index (χ4v) is 3.39. The summed E-state index contributed by atoms with van der Waals surface area (Å²) in [7, 11) is 0. The number of nitrogens with zero attached hydrogens (tertiary/aromatic N) is 1. The third kappa shape index (κ3) is 3.62. The number of likely N-dealkylation sites (N-methyl/N-ethyl adjacent to an activating group) is 2. The summed E-state index contributed by atoms with van der Waals surface area (Å²) in [4.78, 5) is 2.73. The summed E-state index contributed by atoms with van der Waals surface area (Å²) in [5.74, 6) is 0.653. The first-order chi connectivity index (χ1) is 9.69. The van der Waals surface area contributed by atoms with Crippen molar-refractivity contribution in [2.45, 2.75) is 58.7 Å². The third-order valence-electron chi connectivity index (χ3n) is 4.37. The lowest BCUT2D eigenvalue weighted by atomic mass is 9.89. The molecule has 20 heavy (non-hydrogen) atoms. The highest BCUT2D eigenvalue weighted by molar-refractivity contribution is 5.21. The minimum absolute atomic E-state index is 0.432. The number of hydrogen-bond donors (Lipinski definition) is 1. The molecule has 112 valence electrons. The molecule has 2 unspecified atom stereocenters. The topological polar surface area (TPSA) is 15.3 Å². The van der Waals surface area contributed by atoms with Gasteiger partial charge in [0.1, 0.15) is 0 Å². The Morgan fingerprint density at radius 3 is 2.25 bits per heavy atom. The fraction of sp³-hybridized carbons (Fsp3) is 0.667. The largest absolute Gasteiger partial charge is 0.309 e. The maximum Gasteiger partial charge on any atom is 0.0480 e. The van der Waals surface area contributed by atoms with Crippen molar-refractivity contribution in [3.8, 4) is 0 Å². The molecule has 1 saturated carbocycles. The smallest absolute Gasteiger partial charge is 0.0480 e. The molecule has 0 saturated heterocycles. The molecule has 0 bridgehead atoms. The maximum atomic E-state index is 3.74. The minimum Gasteiger partial charge on any atom is -0.309 e. The average Bonchev–Trinajstić information content (AvgIpc) is 3.28. The highest BCUT2D eigenvalue weighted by Gasteiger charge is 2.38. The highest BCUT2D eigenvalue weighted by Crippen LogP contribution is 2.35. The van der Waals surface area contributed by atoms with E-state index < -0.39 is 0 Å². The normalized spacial score (nSPS) is 18.5. The first-order valence-electron chi connectivity index (χ1n) is 8.23. The van der Waals surface area contributed by atoms with Gasteiger partial charge in [-0.15, -0.1) is 0 Å². The molecule has 2 heteroatoms. The van der Waals surface area contributed by atoms with Gasteiger partial charge in [0.2, 0.25) is 0 Å².